The molecule has 0 radical (unpaired) electrons. The van der Waals surface area contributed by atoms with Gasteiger partial charge in [0, 0.05) is 0 Å². The Bertz CT molecular complexity index is 724. The van der Waals surface area contributed by atoms with E-state index in [0.717, 1.165) is 11.3 Å². The van der Waals surface area contributed by atoms with Crippen molar-refractivity contribution >= 4 is 54.6 Å². The average molecular weight is 411 g/mol. The van der Waals surface area contributed by atoms with E-state index in [4.69, 9.17) is 16.3 Å². The van der Waals surface area contributed by atoms with Gasteiger partial charge in [-0.15, -0.1) is 11.3 Å². The standard InChI is InChI=1S/C13H13BrClNO3S2/c1-8(2)19-11-6-4-3-5-10(11)16-21(17,18)12-7-9(15)13(14)20-12/h3-8,16H,1-2H3. The molecule has 0 amide bonds. The minimum atomic E-state index is -3.70. The molecule has 1 N–H and O–H groups in total. The van der Waals surface area contributed by atoms with Gasteiger partial charge >= 0.3 is 0 Å². The number of anilines is 1. The summed E-state index contributed by atoms with van der Waals surface area (Å²) in [5.41, 5.74) is 0.395. The van der Waals surface area contributed by atoms with Crippen molar-refractivity contribution in [3.8, 4) is 5.75 Å². The Morgan fingerprint density at radius 3 is 2.57 bits per heavy atom. The second-order valence-corrected chi connectivity index (χ2v) is 9.14. The summed E-state index contributed by atoms with van der Waals surface area (Å²) in [6, 6.07) is 8.30. The largest absolute Gasteiger partial charge is 0.489 e. The lowest BCUT2D eigenvalue weighted by molar-refractivity contribution is 0.244. The fourth-order valence-electron chi connectivity index (χ4n) is 1.56. The molecule has 0 aliphatic rings. The summed E-state index contributed by atoms with van der Waals surface area (Å²) in [7, 11) is -3.70. The first-order valence-electron chi connectivity index (χ1n) is 6.03. The molecular weight excluding hydrogens is 398 g/mol. The zero-order valence-corrected chi connectivity index (χ0v) is 15.2. The van der Waals surface area contributed by atoms with Crippen LogP contribution in [0, 0.1) is 0 Å². The molecule has 114 valence electrons. The van der Waals surface area contributed by atoms with E-state index in [1.165, 1.54) is 6.07 Å². The van der Waals surface area contributed by atoms with Gasteiger partial charge in [0.15, 0.2) is 0 Å². The van der Waals surface area contributed by atoms with Crippen LogP contribution in [0.1, 0.15) is 13.8 Å². The molecule has 4 nitrogen and oxygen atoms in total. The third kappa shape index (κ3) is 4.12. The van der Waals surface area contributed by atoms with Gasteiger partial charge in [-0.1, -0.05) is 23.7 Å². The van der Waals surface area contributed by atoms with Crippen LogP contribution in [0.2, 0.25) is 5.02 Å². The number of sulfonamides is 1. The van der Waals surface area contributed by atoms with Crippen molar-refractivity contribution in [2.45, 2.75) is 24.2 Å². The molecule has 1 aromatic heterocycles. The van der Waals surface area contributed by atoms with Gasteiger partial charge in [0.1, 0.15) is 9.96 Å². The lowest BCUT2D eigenvalue weighted by atomic mass is 10.3. The van der Waals surface area contributed by atoms with E-state index in [-0.39, 0.29) is 10.3 Å². The average Bonchev–Trinajstić information content (AvgIpc) is 2.72. The molecule has 2 aromatic rings. The maximum Gasteiger partial charge on any atom is 0.271 e. The third-order valence-electron chi connectivity index (χ3n) is 2.38. The molecule has 0 atom stereocenters. The zero-order valence-electron chi connectivity index (χ0n) is 11.3. The molecule has 1 heterocycles. The van der Waals surface area contributed by atoms with Gasteiger partial charge < -0.3 is 4.74 Å². The van der Waals surface area contributed by atoms with Crippen LogP contribution < -0.4 is 9.46 Å². The van der Waals surface area contributed by atoms with Gasteiger partial charge in [-0.25, -0.2) is 8.42 Å². The fraction of sp³-hybridized carbons (Fsp3) is 0.231. The minimum Gasteiger partial charge on any atom is -0.489 e. The van der Waals surface area contributed by atoms with Gasteiger partial charge in [-0.05, 0) is 48.0 Å². The second-order valence-electron chi connectivity index (χ2n) is 4.46. The predicted octanol–water partition coefficient (Wildman–Crippen LogP) is 4.75. The highest BCUT2D eigenvalue weighted by molar-refractivity contribution is 9.11. The van der Waals surface area contributed by atoms with E-state index in [1.54, 1.807) is 24.3 Å². The number of thiophene rings is 1. The molecule has 0 bridgehead atoms. The SMILES string of the molecule is CC(C)Oc1ccccc1NS(=O)(=O)c1cc(Cl)c(Br)s1. The molecule has 0 aliphatic carbocycles. The van der Waals surface area contributed by atoms with Crippen molar-refractivity contribution in [3.63, 3.8) is 0 Å². The van der Waals surface area contributed by atoms with Gasteiger partial charge in [-0.3, -0.25) is 4.72 Å². The Labute approximate surface area is 141 Å². The fourth-order valence-corrected chi connectivity index (χ4v) is 5.03. The molecule has 1 aromatic carbocycles. The third-order valence-corrected chi connectivity index (χ3v) is 6.70. The van der Waals surface area contributed by atoms with Crippen molar-refractivity contribution < 1.29 is 13.2 Å². The molecule has 0 spiro atoms. The van der Waals surface area contributed by atoms with Crippen LogP contribution >= 0.6 is 38.9 Å². The minimum absolute atomic E-state index is 0.0546. The van der Waals surface area contributed by atoms with E-state index in [2.05, 4.69) is 20.7 Å². The molecule has 0 unspecified atom stereocenters. The van der Waals surface area contributed by atoms with Gasteiger partial charge in [-0.2, -0.15) is 0 Å². The number of rotatable bonds is 5. The van der Waals surface area contributed by atoms with Crippen LogP contribution in [-0.2, 0) is 10.0 Å². The molecule has 8 heteroatoms. The van der Waals surface area contributed by atoms with Crippen molar-refractivity contribution in [2.24, 2.45) is 0 Å². The normalized spacial score (nSPS) is 11.7. The number of halogens is 2. The number of para-hydroxylation sites is 2. The van der Waals surface area contributed by atoms with Crippen LogP contribution in [0.25, 0.3) is 0 Å². The Kier molecular flexibility index (Phi) is 5.19. The summed E-state index contributed by atoms with van der Waals surface area (Å²) in [4.78, 5) is 0. The van der Waals surface area contributed by atoms with Crippen molar-refractivity contribution in [1.29, 1.82) is 0 Å². The lowest BCUT2D eigenvalue weighted by Gasteiger charge is -2.15. The van der Waals surface area contributed by atoms with Crippen molar-refractivity contribution in [3.05, 3.63) is 39.1 Å². The van der Waals surface area contributed by atoms with Gasteiger partial charge in [0.2, 0.25) is 0 Å². The number of benzene rings is 1. The van der Waals surface area contributed by atoms with Gasteiger partial charge in [0.25, 0.3) is 10.0 Å². The van der Waals surface area contributed by atoms with Crippen molar-refractivity contribution in [2.75, 3.05) is 4.72 Å². The first kappa shape index (κ1) is 16.6. The Balaban J connectivity index is 2.33. The summed E-state index contributed by atoms with van der Waals surface area (Å²) in [5, 5.41) is 0.368. The summed E-state index contributed by atoms with van der Waals surface area (Å²) in [6.07, 6.45) is -0.0546. The predicted molar refractivity (Wildman–Crippen MR) is 90.0 cm³/mol. The monoisotopic (exact) mass is 409 g/mol. The molecule has 0 saturated carbocycles. The van der Waals surface area contributed by atoms with Crippen LogP contribution in [0.3, 0.4) is 0 Å². The number of nitrogens with one attached hydrogen (secondary N) is 1. The van der Waals surface area contributed by atoms with Gasteiger partial charge in [0.05, 0.1) is 20.6 Å². The summed E-state index contributed by atoms with van der Waals surface area (Å²) < 4.78 is 33.6. The first-order chi connectivity index (χ1) is 9.79. The molecule has 21 heavy (non-hydrogen) atoms. The maximum absolute atomic E-state index is 12.4. The van der Waals surface area contributed by atoms with E-state index in [0.29, 0.717) is 20.2 Å². The summed E-state index contributed by atoms with van der Waals surface area (Å²) in [5.74, 6) is 0.484. The van der Waals surface area contributed by atoms with Crippen LogP contribution in [-0.4, -0.2) is 14.5 Å². The van der Waals surface area contributed by atoms with E-state index < -0.39 is 10.0 Å². The topological polar surface area (TPSA) is 55.4 Å². The second kappa shape index (κ2) is 6.56. The Morgan fingerprint density at radius 1 is 1.33 bits per heavy atom. The highest BCUT2D eigenvalue weighted by Crippen LogP contribution is 2.36. The van der Waals surface area contributed by atoms with Crippen molar-refractivity contribution in [1.82, 2.24) is 0 Å². The first-order valence-corrected chi connectivity index (χ1v) is 9.50. The smallest absolute Gasteiger partial charge is 0.271 e. The molecular formula is C13H13BrClNO3S2. The van der Waals surface area contributed by atoms with E-state index >= 15 is 0 Å². The van der Waals surface area contributed by atoms with Crippen LogP contribution in [0.5, 0.6) is 5.75 Å². The number of hydrogen-bond donors (Lipinski definition) is 1. The molecule has 2 rings (SSSR count). The Morgan fingerprint density at radius 2 is 2.00 bits per heavy atom. The highest BCUT2D eigenvalue weighted by Gasteiger charge is 2.20. The molecule has 0 saturated heterocycles. The van der Waals surface area contributed by atoms with Crippen LogP contribution in [0.4, 0.5) is 5.69 Å². The van der Waals surface area contributed by atoms with E-state index in [1.807, 2.05) is 13.8 Å². The highest BCUT2D eigenvalue weighted by atomic mass is 79.9. The van der Waals surface area contributed by atoms with E-state index in [9.17, 15) is 8.42 Å². The number of hydrogen-bond acceptors (Lipinski definition) is 4. The lowest BCUT2D eigenvalue weighted by Crippen LogP contribution is -2.14. The summed E-state index contributed by atoms with van der Waals surface area (Å²) in [6.45, 7) is 3.75. The Hall–Kier alpha value is -0.760. The quantitative estimate of drug-likeness (QED) is 0.773. The van der Waals surface area contributed by atoms with Crippen LogP contribution in [0.15, 0.2) is 38.3 Å². The summed E-state index contributed by atoms with van der Waals surface area (Å²) >= 11 is 10.1. The molecule has 0 aliphatic heterocycles. The molecule has 0 fully saturated rings. The maximum atomic E-state index is 12.4. The zero-order chi connectivity index (χ0) is 15.6. The number of ether oxygens (including phenoxy) is 1.